The van der Waals surface area contributed by atoms with Crippen LogP contribution in [0.25, 0.3) is 0 Å². The maximum Gasteiger partial charge on any atom is 0.128 e. The first-order valence-electron chi connectivity index (χ1n) is 7.88. The van der Waals surface area contributed by atoms with Crippen molar-refractivity contribution >= 4 is 5.82 Å². The van der Waals surface area contributed by atoms with Gasteiger partial charge in [0, 0.05) is 31.4 Å². The van der Waals surface area contributed by atoms with Crippen LogP contribution in [0, 0.1) is 0 Å². The molecule has 2 heterocycles. The normalized spacial score (nSPS) is 19.4. The minimum atomic E-state index is 0.0947. The van der Waals surface area contributed by atoms with Gasteiger partial charge in [-0.15, -0.1) is 0 Å². The largest absolute Gasteiger partial charge is 0.392 e. The van der Waals surface area contributed by atoms with E-state index in [-0.39, 0.29) is 12.6 Å². The summed E-state index contributed by atoms with van der Waals surface area (Å²) in [5.41, 5.74) is 2.19. The highest BCUT2D eigenvalue weighted by Gasteiger charge is 2.24. The van der Waals surface area contributed by atoms with Gasteiger partial charge in [-0.2, -0.15) is 0 Å². The van der Waals surface area contributed by atoms with Gasteiger partial charge in [-0.25, -0.2) is 4.98 Å². The smallest absolute Gasteiger partial charge is 0.128 e. The third-order valence-electron chi connectivity index (χ3n) is 4.28. The van der Waals surface area contributed by atoms with Crippen LogP contribution in [0.4, 0.5) is 5.82 Å². The van der Waals surface area contributed by atoms with Gasteiger partial charge in [0.1, 0.15) is 5.82 Å². The number of aliphatic hydroxyl groups excluding tert-OH is 1. The van der Waals surface area contributed by atoms with Crippen molar-refractivity contribution in [2.75, 3.05) is 18.0 Å². The Balaban J connectivity index is 1.60. The summed E-state index contributed by atoms with van der Waals surface area (Å²) in [5.74, 6) is 1.06. The fraction of sp³-hybridized carbons (Fsp3) is 0.389. The van der Waals surface area contributed by atoms with Crippen molar-refractivity contribution in [2.24, 2.45) is 0 Å². The number of benzene rings is 1. The molecular weight excluding hydrogens is 274 g/mol. The van der Waals surface area contributed by atoms with Gasteiger partial charge in [-0.1, -0.05) is 30.3 Å². The molecule has 3 rings (SSSR count). The quantitative estimate of drug-likeness (QED) is 0.890. The SMILES string of the molecule is CC(NC1CCN(c2ccccn2)C1)c1cccc(CO)c1. The van der Waals surface area contributed by atoms with Crippen LogP contribution in [-0.4, -0.2) is 29.2 Å². The Bertz CT molecular complexity index is 602. The van der Waals surface area contributed by atoms with Crippen LogP contribution >= 0.6 is 0 Å². The van der Waals surface area contributed by atoms with Crippen LogP contribution in [0.2, 0.25) is 0 Å². The molecule has 2 aromatic rings. The van der Waals surface area contributed by atoms with Crippen LogP contribution in [0.1, 0.15) is 30.5 Å². The van der Waals surface area contributed by atoms with Gasteiger partial charge in [0.25, 0.3) is 0 Å². The second-order valence-corrected chi connectivity index (χ2v) is 5.91. The molecule has 2 N–H and O–H groups in total. The highest BCUT2D eigenvalue weighted by molar-refractivity contribution is 5.39. The predicted molar refractivity (Wildman–Crippen MR) is 88.8 cm³/mol. The van der Waals surface area contributed by atoms with E-state index in [1.165, 1.54) is 5.56 Å². The average Bonchev–Trinajstić information content (AvgIpc) is 3.04. The Morgan fingerprint density at radius 2 is 2.23 bits per heavy atom. The lowest BCUT2D eigenvalue weighted by Gasteiger charge is -2.21. The van der Waals surface area contributed by atoms with Gasteiger partial charge in [-0.05, 0) is 36.6 Å². The van der Waals surface area contributed by atoms with Crippen molar-refractivity contribution in [3.8, 4) is 0 Å². The molecule has 0 bridgehead atoms. The molecule has 1 aliphatic heterocycles. The van der Waals surface area contributed by atoms with Gasteiger partial charge in [0.15, 0.2) is 0 Å². The first kappa shape index (κ1) is 15.0. The van der Waals surface area contributed by atoms with Crippen LogP contribution in [0.15, 0.2) is 48.7 Å². The molecule has 116 valence electrons. The molecule has 1 fully saturated rings. The van der Waals surface area contributed by atoms with Crippen molar-refractivity contribution in [3.63, 3.8) is 0 Å². The molecule has 0 amide bonds. The van der Waals surface area contributed by atoms with E-state index in [9.17, 15) is 5.11 Å². The number of hydrogen-bond donors (Lipinski definition) is 2. The highest BCUT2D eigenvalue weighted by Crippen LogP contribution is 2.21. The van der Waals surface area contributed by atoms with Gasteiger partial charge < -0.3 is 15.3 Å². The van der Waals surface area contributed by atoms with Crippen molar-refractivity contribution < 1.29 is 5.11 Å². The Morgan fingerprint density at radius 3 is 3.00 bits per heavy atom. The number of aromatic nitrogens is 1. The summed E-state index contributed by atoms with van der Waals surface area (Å²) < 4.78 is 0. The van der Waals surface area contributed by atoms with Crippen LogP contribution in [0.3, 0.4) is 0 Å². The lowest BCUT2D eigenvalue weighted by Crippen LogP contribution is -2.34. The summed E-state index contributed by atoms with van der Waals surface area (Å²) in [7, 11) is 0. The molecule has 22 heavy (non-hydrogen) atoms. The Morgan fingerprint density at radius 1 is 1.32 bits per heavy atom. The van der Waals surface area contributed by atoms with Crippen molar-refractivity contribution in [1.29, 1.82) is 0 Å². The van der Waals surface area contributed by atoms with Gasteiger partial charge in [0.2, 0.25) is 0 Å². The molecule has 1 aromatic carbocycles. The molecule has 0 radical (unpaired) electrons. The lowest BCUT2D eigenvalue weighted by atomic mass is 10.0. The number of hydrogen-bond acceptors (Lipinski definition) is 4. The van der Waals surface area contributed by atoms with Gasteiger partial charge in [0.05, 0.1) is 6.61 Å². The molecule has 1 saturated heterocycles. The van der Waals surface area contributed by atoms with Crippen molar-refractivity contribution in [2.45, 2.75) is 32.0 Å². The zero-order chi connectivity index (χ0) is 15.4. The van der Waals surface area contributed by atoms with E-state index >= 15 is 0 Å². The minimum absolute atomic E-state index is 0.0947. The maximum atomic E-state index is 9.25. The highest BCUT2D eigenvalue weighted by atomic mass is 16.3. The molecule has 4 nitrogen and oxygen atoms in total. The summed E-state index contributed by atoms with van der Waals surface area (Å²) in [6, 6.07) is 14.9. The van der Waals surface area contributed by atoms with Crippen LogP contribution < -0.4 is 10.2 Å². The van der Waals surface area contributed by atoms with E-state index in [4.69, 9.17) is 0 Å². The average molecular weight is 297 g/mol. The third-order valence-corrected chi connectivity index (χ3v) is 4.28. The Kier molecular flexibility index (Phi) is 4.71. The maximum absolute atomic E-state index is 9.25. The number of nitrogens with zero attached hydrogens (tertiary/aromatic N) is 2. The molecule has 4 heteroatoms. The second kappa shape index (κ2) is 6.90. The van der Waals surface area contributed by atoms with Crippen LogP contribution in [0.5, 0.6) is 0 Å². The molecule has 2 unspecified atom stereocenters. The van der Waals surface area contributed by atoms with Crippen molar-refractivity contribution in [3.05, 3.63) is 59.8 Å². The van der Waals surface area contributed by atoms with E-state index in [1.54, 1.807) is 0 Å². The molecule has 1 aromatic heterocycles. The fourth-order valence-corrected chi connectivity index (χ4v) is 3.06. The molecule has 2 atom stereocenters. The first-order chi connectivity index (χ1) is 10.8. The first-order valence-corrected chi connectivity index (χ1v) is 7.88. The van der Waals surface area contributed by atoms with E-state index in [0.29, 0.717) is 6.04 Å². The van der Waals surface area contributed by atoms with Gasteiger partial charge in [-0.3, -0.25) is 0 Å². The van der Waals surface area contributed by atoms with E-state index < -0.39 is 0 Å². The minimum Gasteiger partial charge on any atom is -0.392 e. The number of aliphatic hydroxyl groups is 1. The lowest BCUT2D eigenvalue weighted by molar-refractivity contribution is 0.281. The summed E-state index contributed by atoms with van der Waals surface area (Å²) in [4.78, 5) is 6.75. The molecule has 0 spiro atoms. The zero-order valence-electron chi connectivity index (χ0n) is 12.9. The predicted octanol–water partition coefficient (Wildman–Crippen LogP) is 2.50. The Labute approximate surface area is 131 Å². The monoisotopic (exact) mass is 297 g/mol. The van der Waals surface area contributed by atoms with Crippen molar-refractivity contribution in [1.82, 2.24) is 10.3 Å². The van der Waals surface area contributed by atoms with E-state index in [0.717, 1.165) is 30.9 Å². The van der Waals surface area contributed by atoms with E-state index in [2.05, 4.69) is 40.3 Å². The number of rotatable bonds is 5. The topological polar surface area (TPSA) is 48.4 Å². The second-order valence-electron chi connectivity index (χ2n) is 5.91. The summed E-state index contributed by atoms with van der Waals surface area (Å²) in [6.45, 7) is 4.30. The third kappa shape index (κ3) is 3.46. The number of pyridine rings is 1. The molecular formula is C18H23N3O. The number of nitrogens with one attached hydrogen (secondary N) is 1. The van der Waals surface area contributed by atoms with E-state index in [1.807, 2.05) is 30.5 Å². The standard InChI is InChI=1S/C18H23N3O/c1-14(16-6-4-5-15(11-16)13-22)20-17-8-10-21(12-17)18-7-2-3-9-19-18/h2-7,9,11,14,17,20,22H,8,10,12-13H2,1H3. The summed E-state index contributed by atoms with van der Waals surface area (Å²) in [5, 5.41) is 12.9. The molecule has 0 aliphatic carbocycles. The fourth-order valence-electron chi connectivity index (χ4n) is 3.06. The zero-order valence-corrected chi connectivity index (χ0v) is 12.9. The van der Waals surface area contributed by atoms with Gasteiger partial charge >= 0.3 is 0 Å². The number of anilines is 1. The summed E-state index contributed by atoms with van der Waals surface area (Å²) in [6.07, 6.45) is 2.97. The Hall–Kier alpha value is -1.91. The molecule has 0 saturated carbocycles. The van der Waals surface area contributed by atoms with Crippen LogP contribution in [-0.2, 0) is 6.61 Å². The summed E-state index contributed by atoms with van der Waals surface area (Å²) >= 11 is 0. The molecule has 1 aliphatic rings.